The molecule has 150 valence electrons. The van der Waals surface area contributed by atoms with Crippen molar-refractivity contribution in [1.29, 1.82) is 0 Å². The number of carbonyl (C=O) groups is 1. The summed E-state index contributed by atoms with van der Waals surface area (Å²) in [6.07, 6.45) is 1.68. The molecule has 7 heteroatoms. The van der Waals surface area contributed by atoms with Gasteiger partial charge in [-0.3, -0.25) is 4.79 Å². The van der Waals surface area contributed by atoms with Crippen molar-refractivity contribution in [3.8, 4) is 28.2 Å². The van der Waals surface area contributed by atoms with E-state index in [9.17, 15) is 4.79 Å². The molecule has 0 aliphatic rings. The van der Waals surface area contributed by atoms with Crippen molar-refractivity contribution < 1.29 is 19.0 Å². The van der Waals surface area contributed by atoms with Crippen molar-refractivity contribution in [1.82, 2.24) is 4.98 Å². The molecule has 6 nitrogen and oxygen atoms in total. The van der Waals surface area contributed by atoms with Crippen LogP contribution in [0.5, 0.6) is 28.2 Å². The van der Waals surface area contributed by atoms with Gasteiger partial charge in [0.25, 0.3) is 11.1 Å². The lowest BCUT2D eigenvalue weighted by Gasteiger charge is -2.11. The van der Waals surface area contributed by atoms with Crippen molar-refractivity contribution >= 4 is 22.9 Å². The van der Waals surface area contributed by atoms with Crippen LogP contribution < -0.4 is 19.5 Å². The highest BCUT2D eigenvalue weighted by atomic mass is 32.1. The summed E-state index contributed by atoms with van der Waals surface area (Å²) in [5.41, 5.74) is 1.19. The van der Waals surface area contributed by atoms with E-state index in [1.807, 2.05) is 29.6 Å². The first-order valence-corrected chi connectivity index (χ1v) is 9.99. The van der Waals surface area contributed by atoms with Crippen LogP contribution in [0.3, 0.4) is 0 Å². The largest absolute Gasteiger partial charge is 0.493 e. The van der Waals surface area contributed by atoms with Gasteiger partial charge < -0.3 is 19.5 Å². The summed E-state index contributed by atoms with van der Waals surface area (Å²) in [6.45, 7) is 0. The molecule has 0 radical (unpaired) electrons. The molecular weight excluding hydrogens is 400 g/mol. The van der Waals surface area contributed by atoms with Crippen molar-refractivity contribution in [2.45, 2.75) is 0 Å². The van der Waals surface area contributed by atoms with Crippen LogP contribution in [-0.4, -0.2) is 18.0 Å². The zero-order valence-electron chi connectivity index (χ0n) is 16.1. The van der Waals surface area contributed by atoms with E-state index in [-0.39, 0.29) is 5.91 Å². The first-order valence-electron chi connectivity index (χ1n) is 9.11. The summed E-state index contributed by atoms with van der Waals surface area (Å²) < 4.78 is 16.7. The Morgan fingerprint density at radius 2 is 1.53 bits per heavy atom. The molecule has 0 aliphatic carbocycles. The lowest BCUT2D eigenvalue weighted by atomic mass is 10.2. The normalized spacial score (nSPS) is 10.3. The van der Waals surface area contributed by atoms with Crippen LogP contribution in [-0.2, 0) is 0 Å². The number of amides is 1. The molecule has 0 atom stereocenters. The van der Waals surface area contributed by atoms with Gasteiger partial charge in [0.1, 0.15) is 11.5 Å². The standard InChI is InChI=1S/C23H18N2O4S/c1-27-20-4-2-3-5-21(20)28-18-12-8-17(9-13-18)25-22(26)16-6-10-19(11-7-16)29-23-24-14-15-30-23/h2-15H,1H3,(H,25,26). The molecule has 0 saturated carbocycles. The average molecular weight is 418 g/mol. The molecule has 0 unspecified atom stereocenters. The van der Waals surface area contributed by atoms with E-state index < -0.39 is 0 Å². The molecular formula is C23H18N2O4S. The van der Waals surface area contributed by atoms with Crippen molar-refractivity contribution in [2.24, 2.45) is 0 Å². The minimum absolute atomic E-state index is 0.214. The summed E-state index contributed by atoms with van der Waals surface area (Å²) in [5.74, 6) is 2.32. The van der Waals surface area contributed by atoms with Gasteiger partial charge in [0.2, 0.25) is 0 Å². The number of nitrogens with one attached hydrogen (secondary N) is 1. The van der Waals surface area contributed by atoms with Gasteiger partial charge in [-0.05, 0) is 60.7 Å². The van der Waals surface area contributed by atoms with Crippen molar-refractivity contribution in [3.05, 3.63) is 89.9 Å². The Balaban J connectivity index is 1.37. The minimum Gasteiger partial charge on any atom is -0.493 e. The summed E-state index contributed by atoms with van der Waals surface area (Å²) in [5, 5.41) is 5.26. The van der Waals surface area contributed by atoms with Gasteiger partial charge in [0.05, 0.1) is 7.11 Å². The first kappa shape index (κ1) is 19.5. The van der Waals surface area contributed by atoms with Crippen molar-refractivity contribution in [2.75, 3.05) is 12.4 Å². The van der Waals surface area contributed by atoms with Gasteiger partial charge in [-0.25, -0.2) is 4.98 Å². The first-order chi connectivity index (χ1) is 14.7. The second-order valence-electron chi connectivity index (χ2n) is 6.16. The summed E-state index contributed by atoms with van der Waals surface area (Å²) in [4.78, 5) is 16.6. The van der Waals surface area contributed by atoms with Crippen LogP contribution in [0.4, 0.5) is 5.69 Å². The third kappa shape index (κ3) is 4.76. The molecule has 1 aromatic heterocycles. The Labute approximate surface area is 177 Å². The predicted octanol–water partition coefficient (Wildman–Crippen LogP) is 5.99. The van der Waals surface area contributed by atoms with Crippen LogP contribution in [0.2, 0.25) is 0 Å². The summed E-state index contributed by atoms with van der Waals surface area (Å²) >= 11 is 1.40. The smallest absolute Gasteiger partial charge is 0.278 e. The van der Waals surface area contributed by atoms with Gasteiger partial charge in [-0.2, -0.15) is 0 Å². The number of hydrogen-bond acceptors (Lipinski definition) is 6. The zero-order valence-corrected chi connectivity index (χ0v) is 16.9. The number of methoxy groups -OCH3 is 1. The molecule has 1 heterocycles. The Bertz CT molecular complexity index is 1110. The summed E-state index contributed by atoms with van der Waals surface area (Å²) in [7, 11) is 1.60. The molecule has 1 N–H and O–H groups in total. The SMILES string of the molecule is COc1ccccc1Oc1ccc(NC(=O)c2ccc(Oc3nccs3)cc2)cc1. The maximum absolute atomic E-state index is 12.5. The van der Waals surface area contributed by atoms with E-state index in [0.29, 0.717) is 39.4 Å². The number of benzene rings is 3. The highest BCUT2D eigenvalue weighted by molar-refractivity contribution is 7.11. The maximum Gasteiger partial charge on any atom is 0.278 e. The second kappa shape index (κ2) is 9.11. The average Bonchev–Trinajstić information content (AvgIpc) is 3.29. The van der Waals surface area contributed by atoms with E-state index in [4.69, 9.17) is 14.2 Å². The topological polar surface area (TPSA) is 69.7 Å². The Kier molecular flexibility index (Phi) is 5.91. The third-order valence-electron chi connectivity index (χ3n) is 4.14. The second-order valence-corrected chi connectivity index (χ2v) is 7.01. The molecule has 0 saturated heterocycles. The molecule has 4 rings (SSSR count). The fourth-order valence-electron chi connectivity index (χ4n) is 2.68. The molecule has 3 aromatic carbocycles. The number of para-hydroxylation sites is 2. The van der Waals surface area contributed by atoms with Crippen LogP contribution in [0, 0.1) is 0 Å². The number of anilines is 1. The van der Waals surface area contributed by atoms with Crippen LogP contribution in [0.1, 0.15) is 10.4 Å². The molecule has 0 spiro atoms. The molecule has 0 fully saturated rings. The van der Waals surface area contributed by atoms with Gasteiger partial charge in [-0.15, -0.1) is 0 Å². The quantitative estimate of drug-likeness (QED) is 0.399. The van der Waals surface area contributed by atoms with Crippen LogP contribution >= 0.6 is 11.3 Å². The Morgan fingerprint density at radius 3 is 2.20 bits per heavy atom. The van der Waals surface area contributed by atoms with E-state index in [1.54, 1.807) is 61.8 Å². The van der Waals surface area contributed by atoms with Crippen LogP contribution in [0.25, 0.3) is 0 Å². The fourth-order valence-corrected chi connectivity index (χ4v) is 3.18. The summed E-state index contributed by atoms with van der Waals surface area (Å²) in [6, 6.07) is 21.4. The molecule has 1 amide bonds. The zero-order chi connectivity index (χ0) is 20.8. The van der Waals surface area contributed by atoms with Crippen molar-refractivity contribution in [3.63, 3.8) is 0 Å². The van der Waals surface area contributed by atoms with E-state index in [1.165, 1.54) is 11.3 Å². The van der Waals surface area contributed by atoms with E-state index >= 15 is 0 Å². The van der Waals surface area contributed by atoms with Gasteiger partial charge >= 0.3 is 0 Å². The molecule has 4 aromatic rings. The lowest BCUT2D eigenvalue weighted by Crippen LogP contribution is -2.11. The van der Waals surface area contributed by atoms with E-state index in [2.05, 4.69) is 10.3 Å². The van der Waals surface area contributed by atoms with Gasteiger partial charge in [-0.1, -0.05) is 23.5 Å². The Morgan fingerprint density at radius 1 is 0.867 bits per heavy atom. The third-order valence-corrected chi connectivity index (χ3v) is 4.79. The lowest BCUT2D eigenvalue weighted by molar-refractivity contribution is 0.102. The Hall–Kier alpha value is -3.84. The number of hydrogen-bond donors (Lipinski definition) is 1. The highest BCUT2D eigenvalue weighted by Gasteiger charge is 2.08. The number of ether oxygens (including phenoxy) is 3. The molecule has 30 heavy (non-hydrogen) atoms. The number of aromatic nitrogens is 1. The van der Waals surface area contributed by atoms with Crippen LogP contribution in [0.15, 0.2) is 84.4 Å². The number of rotatable bonds is 7. The van der Waals surface area contributed by atoms with Gasteiger partial charge in [0, 0.05) is 22.8 Å². The number of thiazole rings is 1. The molecule has 0 bridgehead atoms. The monoisotopic (exact) mass is 418 g/mol. The minimum atomic E-state index is -0.214. The predicted molar refractivity (Wildman–Crippen MR) is 116 cm³/mol. The highest BCUT2D eigenvalue weighted by Crippen LogP contribution is 2.31. The van der Waals surface area contributed by atoms with E-state index in [0.717, 1.165) is 0 Å². The number of nitrogens with zero attached hydrogens (tertiary/aromatic N) is 1. The maximum atomic E-state index is 12.5. The number of carbonyl (C=O) groups excluding carboxylic acids is 1. The van der Waals surface area contributed by atoms with Gasteiger partial charge in [0.15, 0.2) is 11.5 Å². The fraction of sp³-hybridized carbons (Fsp3) is 0.0435. The molecule has 0 aliphatic heterocycles.